The van der Waals surface area contributed by atoms with Gasteiger partial charge in [0.05, 0.1) is 11.8 Å². The van der Waals surface area contributed by atoms with Crippen molar-refractivity contribution >= 4 is 11.9 Å². The van der Waals surface area contributed by atoms with Crippen LogP contribution in [0.25, 0.3) is 0 Å². The maximum absolute atomic E-state index is 12.5. The van der Waals surface area contributed by atoms with Gasteiger partial charge in [-0.3, -0.25) is 9.59 Å². The molecule has 1 unspecified atom stereocenters. The van der Waals surface area contributed by atoms with Crippen LogP contribution < -0.4 is 5.32 Å². The van der Waals surface area contributed by atoms with Crippen LogP contribution >= 0.6 is 0 Å². The lowest BCUT2D eigenvalue weighted by atomic mass is 9.76. The number of aliphatic carboxylic acids is 1. The molecule has 1 aliphatic rings. The molecule has 18 heavy (non-hydrogen) atoms. The van der Waals surface area contributed by atoms with Gasteiger partial charge in [0.15, 0.2) is 0 Å². The van der Waals surface area contributed by atoms with Gasteiger partial charge in [0, 0.05) is 20.1 Å². The number of carbonyl (C=O) groups excluding carboxylic acids is 1. The molecule has 104 valence electrons. The molecule has 0 bridgehead atoms. The Morgan fingerprint density at radius 1 is 1.44 bits per heavy atom. The van der Waals surface area contributed by atoms with Crippen LogP contribution in [-0.4, -0.2) is 48.6 Å². The predicted molar refractivity (Wildman–Crippen MR) is 69.3 cm³/mol. The lowest BCUT2D eigenvalue weighted by Gasteiger charge is -2.39. The predicted octanol–water partition coefficient (Wildman–Crippen LogP) is 1.09. The number of hydrogen-bond acceptors (Lipinski definition) is 3. The third-order valence-electron chi connectivity index (χ3n) is 3.66. The van der Waals surface area contributed by atoms with E-state index in [2.05, 4.69) is 12.2 Å². The molecule has 1 atom stereocenters. The van der Waals surface area contributed by atoms with Crippen LogP contribution in [0.3, 0.4) is 0 Å². The Morgan fingerprint density at radius 2 is 2.17 bits per heavy atom. The molecule has 0 aromatic rings. The van der Waals surface area contributed by atoms with Crippen molar-refractivity contribution < 1.29 is 14.7 Å². The normalized spacial score (nSPS) is 23.7. The highest BCUT2D eigenvalue weighted by Gasteiger charge is 2.40. The average molecular weight is 256 g/mol. The number of piperidine rings is 1. The molecular weight excluding hydrogens is 232 g/mol. The van der Waals surface area contributed by atoms with Crippen LogP contribution in [0.4, 0.5) is 0 Å². The fraction of sp³-hybridized carbons (Fsp3) is 0.846. The van der Waals surface area contributed by atoms with Crippen molar-refractivity contribution in [3.8, 4) is 0 Å². The minimum atomic E-state index is -0.860. The Kier molecular flexibility index (Phi) is 5.59. The molecular formula is C13H24N2O3. The van der Waals surface area contributed by atoms with Gasteiger partial charge >= 0.3 is 5.97 Å². The molecule has 0 spiro atoms. The zero-order valence-electron chi connectivity index (χ0n) is 11.4. The molecule has 1 aliphatic heterocycles. The zero-order chi connectivity index (χ0) is 13.6. The summed E-state index contributed by atoms with van der Waals surface area (Å²) in [7, 11) is 1.71. The van der Waals surface area contributed by atoms with Gasteiger partial charge in [0.25, 0.3) is 0 Å². The SMILES string of the molecule is CCCC1(C(=O)N(C)CCC(=O)O)CCCNC1. The van der Waals surface area contributed by atoms with Gasteiger partial charge in [-0.2, -0.15) is 0 Å². The average Bonchev–Trinajstić information content (AvgIpc) is 2.36. The topological polar surface area (TPSA) is 69.6 Å². The molecule has 1 saturated heterocycles. The van der Waals surface area contributed by atoms with E-state index in [1.54, 1.807) is 11.9 Å². The van der Waals surface area contributed by atoms with E-state index < -0.39 is 5.97 Å². The van der Waals surface area contributed by atoms with E-state index in [4.69, 9.17) is 5.11 Å². The van der Waals surface area contributed by atoms with Crippen molar-refractivity contribution in [2.45, 2.75) is 39.0 Å². The maximum Gasteiger partial charge on any atom is 0.305 e. The summed E-state index contributed by atoms with van der Waals surface area (Å²) in [5.41, 5.74) is -0.319. The summed E-state index contributed by atoms with van der Waals surface area (Å²) < 4.78 is 0. The largest absolute Gasteiger partial charge is 0.481 e. The Hall–Kier alpha value is -1.10. The van der Waals surface area contributed by atoms with E-state index in [1.165, 1.54) is 0 Å². The molecule has 5 heteroatoms. The standard InChI is InChI=1S/C13H24N2O3/c1-3-6-13(7-4-8-14-10-13)12(18)15(2)9-5-11(16)17/h14H,3-10H2,1-2H3,(H,16,17). The van der Waals surface area contributed by atoms with Crippen LogP contribution in [0, 0.1) is 5.41 Å². The molecule has 2 N–H and O–H groups in total. The van der Waals surface area contributed by atoms with Crippen molar-refractivity contribution in [2.75, 3.05) is 26.7 Å². The van der Waals surface area contributed by atoms with E-state index in [9.17, 15) is 9.59 Å². The fourth-order valence-corrected chi connectivity index (χ4v) is 2.72. The Morgan fingerprint density at radius 3 is 2.67 bits per heavy atom. The van der Waals surface area contributed by atoms with Crippen LogP contribution in [-0.2, 0) is 9.59 Å². The number of carboxylic acids is 1. The number of rotatable bonds is 6. The number of carbonyl (C=O) groups is 2. The smallest absolute Gasteiger partial charge is 0.305 e. The van der Waals surface area contributed by atoms with Crippen LogP contribution in [0.15, 0.2) is 0 Å². The monoisotopic (exact) mass is 256 g/mol. The first-order chi connectivity index (χ1) is 8.52. The third kappa shape index (κ3) is 3.70. The molecule has 0 saturated carbocycles. The summed E-state index contributed by atoms with van der Waals surface area (Å²) in [6.45, 7) is 4.06. The number of nitrogens with zero attached hydrogens (tertiary/aromatic N) is 1. The molecule has 0 aromatic carbocycles. The van der Waals surface area contributed by atoms with Crippen molar-refractivity contribution in [3.05, 3.63) is 0 Å². The molecule has 0 aliphatic carbocycles. The van der Waals surface area contributed by atoms with Gasteiger partial charge < -0.3 is 15.3 Å². The first-order valence-electron chi connectivity index (χ1n) is 6.70. The molecule has 1 fully saturated rings. The summed E-state index contributed by atoms with van der Waals surface area (Å²) >= 11 is 0. The second-order valence-electron chi connectivity index (χ2n) is 5.18. The Labute approximate surface area is 109 Å². The van der Waals surface area contributed by atoms with Crippen molar-refractivity contribution in [3.63, 3.8) is 0 Å². The molecule has 5 nitrogen and oxygen atoms in total. The van der Waals surface area contributed by atoms with Crippen LogP contribution in [0.2, 0.25) is 0 Å². The van der Waals surface area contributed by atoms with Gasteiger partial charge in [-0.25, -0.2) is 0 Å². The van der Waals surface area contributed by atoms with Crippen molar-refractivity contribution in [2.24, 2.45) is 5.41 Å². The summed E-state index contributed by atoms with van der Waals surface area (Å²) in [5.74, 6) is -0.765. The highest BCUT2D eigenvalue weighted by molar-refractivity contribution is 5.83. The lowest BCUT2D eigenvalue weighted by molar-refractivity contribution is -0.144. The summed E-state index contributed by atoms with van der Waals surface area (Å²) in [6, 6.07) is 0. The highest BCUT2D eigenvalue weighted by Crippen LogP contribution is 2.33. The minimum absolute atomic E-state index is 0.0118. The van der Waals surface area contributed by atoms with Gasteiger partial charge in [-0.05, 0) is 25.8 Å². The quantitative estimate of drug-likeness (QED) is 0.746. The van der Waals surface area contributed by atoms with Gasteiger partial charge in [0.2, 0.25) is 5.91 Å². The highest BCUT2D eigenvalue weighted by atomic mass is 16.4. The van der Waals surface area contributed by atoms with Crippen molar-refractivity contribution in [1.29, 1.82) is 0 Å². The fourth-order valence-electron chi connectivity index (χ4n) is 2.72. The van der Waals surface area contributed by atoms with E-state index >= 15 is 0 Å². The Balaban J connectivity index is 2.66. The number of nitrogens with one attached hydrogen (secondary N) is 1. The summed E-state index contributed by atoms with van der Waals surface area (Å²) in [6.07, 6.45) is 3.77. The molecule has 1 amide bonds. The van der Waals surface area contributed by atoms with Gasteiger partial charge in [-0.1, -0.05) is 13.3 Å². The molecule has 0 aromatic heterocycles. The molecule has 1 heterocycles. The lowest BCUT2D eigenvalue weighted by Crippen LogP contribution is -2.51. The first-order valence-corrected chi connectivity index (χ1v) is 6.70. The summed E-state index contributed by atoms with van der Waals surface area (Å²) in [5, 5.41) is 12.0. The summed E-state index contributed by atoms with van der Waals surface area (Å²) in [4.78, 5) is 24.7. The number of amides is 1. The first kappa shape index (κ1) is 15.0. The number of carboxylic acid groups (broad SMARTS) is 1. The van der Waals surface area contributed by atoms with Gasteiger partial charge in [0.1, 0.15) is 0 Å². The van der Waals surface area contributed by atoms with E-state index in [-0.39, 0.29) is 17.7 Å². The molecule has 1 rings (SSSR count). The second-order valence-corrected chi connectivity index (χ2v) is 5.18. The van der Waals surface area contributed by atoms with Crippen molar-refractivity contribution in [1.82, 2.24) is 10.2 Å². The maximum atomic E-state index is 12.5. The third-order valence-corrected chi connectivity index (χ3v) is 3.66. The second kappa shape index (κ2) is 6.73. The zero-order valence-corrected chi connectivity index (χ0v) is 11.4. The number of hydrogen-bond donors (Lipinski definition) is 2. The van der Waals surface area contributed by atoms with E-state index in [0.29, 0.717) is 6.54 Å². The van der Waals surface area contributed by atoms with Crippen LogP contribution in [0.1, 0.15) is 39.0 Å². The molecule has 0 radical (unpaired) electrons. The Bertz CT molecular complexity index is 293. The van der Waals surface area contributed by atoms with Crippen LogP contribution in [0.5, 0.6) is 0 Å². The van der Waals surface area contributed by atoms with Gasteiger partial charge in [-0.15, -0.1) is 0 Å². The minimum Gasteiger partial charge on any atom is -0.481 e. The van der Waals surface area contributed by atoms with E-state index in [0.717, 1.165) is 38.8 Å². The van der Waals surface area contributed by atoms with E-state index in [1.807, 2.05) is 0 Å².